The van der Waals surface area contributed by atoms with Gasteiger partial charge in [0.05, 0.1) is 10.0 Å². The zero-order valence-corrected chi connectivity index (χ0v) is 20.6. The van der Waals surface area contributed by atoms with Crippen molar-refractivity contribution < 1.29 is 13.6 Å². The molecule has 35 heavy (non-hydrogen) atoms. The predicted molar refractivity (Wildman–Crippen MR) is 142 cm³/mol. The number of aryl methyl sites for hydroxylation is 1. The number of amides is 1. The average Bonchev–Trinajstić information content (AvgIpc) is 3.48. The van der Waals surface area contributed by atoms with E-state index in [0.717, 1.165) is 11.1 Å². The fourth-order valence-electron chi connectivity index (χ4n) is 3.45. The number of thiocarbonyl (C=S) groups is 1. The highest BCUT2D eigenvalue weighted by molar-refractivity contribution is 7.80. The second-order valence-corrected chi connectivity index (χ2v) is 8.93. The average molecular weight is 522 g/mol. The van der Waals surface area contributed by atoms with Gasteiger partial charge in [0.25, 0.3) is 5.91 Å². The van der Waals surface area contributed by atoms with Crippen LogP contribution in [0.2, 0.25) is 10.0 Å². The first-order chi connectivity index (χ1) is 16.9. The molecule has 0 spiro atoms. The Kier molecular flexibility index (Phi) is 6.30. The van der Waals surface area contributed by atoms with E-state index < -0.39 is 5.91 Å². The third kappa shape index (κ3) is 4.93. The minimum atomic E-state index is -0.504. The summed E-state index contributed by atoms with van der Waals surface area (Å²) in [5, 5.41) is 6.44. The number of aromatic nitrogens is 1. The molecule has 0 atom stereocenters. The van der Waals surface area contributed by atoms with Crippen LogP contribution in [0.5, 0.6) is 0 Å². The van der Waals surface area contributed by atoms with Gasteiger partial charge in [0.2, 0.25) is 5.89 Å². The largest absolute Gasteiger partial charge is 0.451 e. The van der Waals surface area contributed by atoms with Gasteiger partial charge in [-0.2, -0.15) is 0 Å². The molecule has 5 rings (SSSR count). The van der Waals surface area contributed by atoms with Crippen LogP contribution in [0, 0.1) is 6.92 Å². The summed E-state index contributed by atoms with van der Waals surface area (Å²) >= 11 is 17.6. The Labute approximate surface area is 215 Å². The van der Waals surface area contributed by atoms with Gasteiger partial charge in [0.15, 0.2) is 16.5 Å². The monoisotopic (exact) mass is 521 g/mol. The van der Waals surface area contributed by atoms with Crippen molar-refractivity contribution in [3.05, 3.63) is 94.2 Å². The maximum Gasteiger partial charge on any atom is 0.293 e. The van der Waals surface area contributed by atoms with Crippen LogP contribution < -0.4 is 10.6 Å². The van der Waals surface area contributed by atoms with Gasteiger partial charge in [-0.05, 0) is 73.7 Å². The van der Waals surface area contributed by atoms with E-state index in [2.05, 4.69) is 15.6 Å². The number of hydrogen-bond donors (Lipinski definition) is 2. The highest BCUT2D eigenvalue weighted by Crippen LogP contribution is 2.34. The molecule has 3 aromatic carbocycles. The van der Waals surface area contributed by atoms with E-state index in [-0.39, 0.29) is 10.9 Å². The molecule has 6 nitrogen and oxygen atoms in total. The Morgan fingerprint density at radius 2 is 1.77 bits per heavy atom. The Morgan fingerprint density at radius 1 is 0.971 bits per heavy atom. The summed E-state index contributed by atoms with van der Waals surface area (Å²) in [4.78, 5) is 17.2. The number of nitrogens with one attached hydrogen (secondary N) is 2. The zero-order chi connectivity index (χ0) is 24.5. The molecular weight excluding hydrogens is 505 g/mol. The molecule has 5 aromatic rings. The molecule has 174 valence electrons. The van der Waals surface area contributed by atoms with Gasteiger partial charge in [-0.25, -0.2) is 4.98 Å². The molecule has 1 amide bonds. The SMILES string of the molecule is Cc1ccc(-c2nc3cc(NC(=S)NC(=O)c4ccc(-c5cccc(Cl)c5Cl)o4)ccc3o2)cc1. The van der Waals surface area contributed by atoms with Gasteiger partial charge in [-0.1, -0.05) is 47.0 Å². The first-order valence-electron chi connectivity index (χ1n) is 10.5. The van der Waals surface area contributed by atoms with Gasteiger partial charge in [0.1, 0.15) is 11.3 Å². The number of rotatable bonds is 4. The third-order valence-corrected chi connectivity index (χ3v) is 6.24. The Balaban J connectivity index is 1.27. The smallest absolute Gasteiger partial charge is 0.293 e. The van der Waals surface area contributed by atoms with Crippen LogP contribution in [0.25, 0.3) is 33.9 Å². The second kappa shape index (κ2) is 9.54. The van der Waals surface area contributed by atoms with Gasteiger partial charge >= 0.3 is 0 Å². The van der Waals surface area contributed by atoms with Crippen molar-refractivity contribution in [2.75, 3.05) is 5.32 Å². The molecular formula is C26H17Cl2N3O3S. The van der Waals surface area contributed by atoms with Crippen molar-refractivity contribution >= 4 is 63.2 Å². The summed E-state index contributed by atoms with van der Waals surface area (Å²) in [5.74, 6) is 0.523. The lowest BCUT2D eigenvalue weighted by atomic mass is 10.1. The number of fused-ring (bicyclic) bond motifs is 1. The molecule has 2 N–H and O–H groups in total. The Hall–Kier alpha value is -3.65. The fourth-order valence-corrected chi connectivity index (χ4v) is 4.05. The van der Waals surface area contributed by atoms with Crippen molar-refractivity contribution in [1.29, 1.82) is 0 Å². The Morgan fingerprint density at radius 3 is 2.57 bits per heavy atom. The summed E-state index contributed by atoms with van der Waals surface area (Å²) in [6.45, 7) is 2.02. The summed E-state index contributed by atoms with van der Waals surface area (Å²) in [6.07, 6.45) is 0. The first-order valence-corrected chi connectivity index (χ1v) is 11.7. The maximum absolute atomic E-state index is 12.6. The minimum Gasteiger partial charge on any atom is -0.451 e. The number of hydrogen-bond acceptors (Lipinski definition) is 5. The number of nitrogens with zero attached hydrogens (tertiary/aromatic N) is 1. The molecule has 0 unspecified atom stereocenters. The molecule has 0 saturated heterocycles. The van der Waals surface area contributed by atoms with Crippen LogP contribution >= 0.6 is 35.4 Å². The number of oxazole rings is 1. The summed E-state index contributed by atoms with van der Waals surface area (Å²) < 4.78 is 11.5. The molecule has 9 heteroatoms. The van der Waals surface area contributed by atoms with Crippen LogP contribution in [0.15, 0.2) is 81.6 Å². The fraction of sp³-hybridized carbons (Fsp3) is 0.0385. The van der Waals surface area contributed by atoms with E-state index in [1.165, 1.54) is 0 Å². The standard InChI is InChI=1S/C26H17Cl2N3O3S/c1-14-5-7-15(8-6-14)25-30-19-13-16(9-10-21(19)34-25)29-26(35)31-24(32)22-12-11-20(33-22)17-3-2-4-18(27)23(17)28/h2-13H,1H3,(H2,29,31,32,35). The number of halogens is 2. The number of carbonyl (C=O) groups excluding carboxylic acids is 1. The zero-order valence-electron chi connectivity index (χ0n) is 18.3. The van der Waals surface area contributed by atoms with E-state index in [4.69, 9.17) is 44.3 Å². The number of anilines is 1. The van der Waals surface area contributed by atoms with Gasteiger partial charge < -0.3 is 14.2 Å². The van der Waals surface area contributed by atoms with Gasteiger partial charge in [-0.15, -0.1) is 0 Å². The van der Waals surface area contributed by atoms with Crippen LogP contribution in [-0.2, 0) is 0 Å². The van der Waals surface area contributed by atoms with E-state index in [0.29, 0.717) is 44.0 Å². The topological polar surface area (TPSA) is 80.3 Å². The number of carbonyl (C=O) groups is 1. The molecule has 0 aliphatic heterocycles. The molecule has 0 fully saturated rings. The van der Waals surface area contributed by atoms with E-state index >= 15 is 0 Å². The van der Waals surface area contributed by atoms with Crippen LogP contribution in [-0.4, -0.2) is 16.0 Å². The van der Waals surface area contributed by atoms with E-state index in [1.54, 1.807) is 48.5 Å². The third-order valence-electron chi connectivity index (χ3n) is 5.22. The van der Waals surface area contributed by atoms with Crippen LogP contribution in [0.1, 0.15) is 16.1 Å². The molecule has 0 bridgehead atoms. The first kappa shape index (κ1) is 23.1. The summed E-state index contributed by atoms with van der Waals surface area (Å²) in [6, 6.07) is 21.7. The lowest BCUT2D eigenvalue weighted by molar-refractivity contribution is 0.0951. The summed E-state index contributed by atoms with van der Waals surface area (Å²) in [7, 11) is 0. The molecule has 0 radical (unpaired) electrons. The van der Waals surface area contributed by atoms with Crippen LogP contribution in [0.3, 0.4) is 0 Å². The molecule has 0 aliphatic carbocycles. The molecule has 0 saturated carbocycles. The van der Waals surface area contributed by atoms with Gasteiger partial charge in [0, 0.05) is 16.8 Å². The van der Waals surface area contributed by atoms with Gasteiger partial charge in [-0.3, -0.25) is 10.1 Å². The summed E-state index contributed by atoms with van der Waals surface area (Å²) in [5.41, 5.74) is 4.59. The number of benzene rings is 3. The van der Waals surface area contributed by atoms with Crippen molar-refractivity contribution in [3.8, 4) is 22.8 Å². The molecule has 2 aromatic heterocycles. The normalized spacial score (nSPS) is 10.9. The van der Waals surface area contributed by atoms with Crippen molar-refractivity contribution in [3.63, 3.8) is 0 Å². The number of furan rings is 1. The highest BCUT2D eigenvalue weighted by Gasteiger charge is 2.16. The lowest BCUT2D eigenvalue weighted by Gasteiger charge is -2.08. The van der Waals surface area contributed by atoms with Crippen molar-refractivity contribution in [2.45, 2.75) is 6.92 Å². The van der Waals surface area contributed by atoms with Crippen molar-refractivity contribution in [2.24, 2.45) is 0 Å². The molecule has 2 heterocycles. The Bertz CT molecular complexity index is 1570. The predicted octanol–water partition coefficient (Wildman–Crippen LogP) is 7.50. The quantitative estimate of drug-likeness (QED) is 0.238. The second-order valence-electron chi connectivity index (χ2n) is 7.74. The van der Waals surface area contributed by atoms with E-state index in [9.17, 15) is 4.79 Å². The van der Waals surface area contributed by atoms with Crippen molar-refractivity contribution in [1.82, 2.24) is 10.3 Å². The minimum absolute atomic E-state index is 0.0786. The van der Waals surface area contributed by atoms with Crippen LogP contribution in [0.4, 0.5) is 5.69 Å². The maximum atomic E-state index is 12.6. The lowest BCUT2D eigenvalue weighted by Crippen LogP contribution is -2.33. The highest BCUT2D eigenvalue weighted by atomic mass is 35.5. The molecule has 0 aliphatic rings. The van der Waals surface area contributed by atoms with E-state index in [1.807, 2.05) is 31.2 Å².